The molecule has 0 atom stereocenters. The molecule has 0 aliphatic carbocycles. The van der Waals surface area contributed by atoms with Gasteiger partial charge in [0, 0.05) is 6.61 Å². The standard InChI is InChI=1S/C16H28O2Si/c1-16(2,3)19(5,6)18-13-7-8-14-9-11-15(17-4)12-10-14/h9-12H,7-8,13H2,1-6H3. The molecule has 0 amide bonds. The summed E-state index contributed by atoms with van der Waals surface area (Å²) in [6.45, 7) is 12.3. The van der Waals surface area contributed by atoms with Crippen LogP contribution >= 0.6 is 0 Å². The zero-order valence-electron chi connectivity index (χ0n) is 13.2. The van der Waals surface area contributed by atoms with Gasteiger partial charge in [0.2, 0.25) is 0 Å². The summed E-state index contributed by atoms with van der Waals surface area (Å²) >= 11 is 0. The molecule has 1 aromatic carbocycles. The van der Waals surface area contributed by atoms with Gasteiger partial charge in [-0.1, -0.05) is 32.9 Å². The molecule has 108 valence electrons. The van der Waals surface area contributed by atoms with Crippen LogP contribution in [0.15, 0.2) is 24.3 Å². The van der Waals surface area contributed by atoms with E-state index in [1.54, 1.807) is 7.11 Å². The average molecular weight is 280 g/mol. The second kappa shape index (κ2) is 6.57. The number of methoxy groups -OCH3 is 1. The quantitative estimate of drug-likeness (QED) is 0.558. The Morgan fingerprint density at radius 1 is 1.05 bits per heavy atom. The van der Waals surface area contributed by atoms with Crippen molar-refractivity contribution in [2.45, 2.75) is 51.7 Å². The molecule has 0 N–H and O–H groups in total. The van der Waals surface area contributed by atoms with Crippen molar-refractivity contribution in [1.29, 1.82) is 0 Å². The van der Waals surface area contributed by atoms with Crippen LogP contribution in [0.2, 0.25) is 18.1 Å². The molecule has 0 heterocycles. The third-order valence-electron chi connectivity index (χ3n) is 4.04. The summed E-state index contributed by atoms with van der Waals surface area (Å²) in [6.07, 6.45) is 2.15. The molecule has 1 aromatic rings. The molecule has 0 aliphatic heterocycles. The maximum absolute atomic E-state index is 6.17. The smallest absolute Gasteiger partial charge is 0.191 e. The van der Waals surface area contributed by atoms with E-state index in [0.717, 1.165) is 25.2 Å². The Balaban J connectivity index is 2.34. The van der Waals surface area contributed by atoms with Gasteiger partial charge in [0.05, 0.1) is 7.11 Å². The third-order valence-corrected chi connectivity index (χ3v) is 8.58. The fourth-order valence-corrected chi connectivity index (χ4v) is 2.70. The molecule has 0 aromatic heterocycles. The Hall–Kier alpha value is -0.803. The van der Waals surface area contributed by atoms with Crippen molar-refractivity contribution in [3.63, 3.8) is 0 Å². The van der Waals surface area contributed by atoms with E-state index in [-0.39, 0.29) is 0 Å². The summed E-state index contributed by atoms with van der Waals surface area (Å²) in [5.74, 6) is 0.918. The van der Waals surface area contributed by atoms with Crippen LogP contribution in [-0.4, -0.2) is 22.0 Å². The maximum Gasteiger partial charge on any atom is 0.191 e. The van der Waals surface area contributed by atoms with Crippen LogP contribution in [0.5, 0.6) is 5.75 Å². The monoisotopic (exact) mass is 280 g/mol. The highest BCUT2D eigenvalue weighted by Gasteiger charge is 2.36. The van der Waals surface area contributed by atoms with E-state index in [9.17, 15) is 0 Å². The van der Waals surface area contributed by atoms with E-state index in [1.807, 2.05) is 12.1 Å². The second-order valence-corrected chi connectivity index (χ2v) is 11.4. The van der Waals surface area contributed by atoms with Crippen LogP contribution in [0.25, 0.3) is 0 Å². The SMILES string of the molecule is COc1ccc(CCCO[Si](C)(C)C(C)(C)C)cc1. The first-order chi connectivity index (χ1) is 8.76. The van der Waals surface area contributed by atoms with Crippen molar-refractivity contribution >= 4 is 8.32 Å². The zero-order chi connectivity index (χ0) is 14.5. The lowest BCUT2D eigenvalue weighted by molar-refractivity contribution is 0.282. The van der Waals surface area contributed by atoms with Gasteiger partial charge in [-0.3, -0.25) is 0 Å². The zero-order valence-corrected chi connectivity index (χ0v) is 14.2. The summed E-state index contributed by atoms with van der Waals surface area (Å²) in [7, 11) is 0.119. The second-order valence-electron chi connectivity index (χ2n) is 6.56. The normalized spacial score (nSPS) is 12.5. The van der Waals surface area contributed by atoms with Crippen molar-refractivity contribution in [3.05, 3.63) is 29.8 Å². The van der Waals surface area contributed by atoms with Crippen LogP contribution in [0.4, 0.5) is 0 Å². The van der Waals surface area contributed by atoms with E-state index in [1.165, 1.54) is 5.56 Å². The topological polar surface area (TPSA) is 18.5 Å². The Labute approximate surface area is 119 Å². The largest absolute Gasteiger partial charge is 0.497 e. The highest BCUT2D eigenvalue weighted by molar-refractivity contribution is 6.74. The van der Waals surface area contributed by atoms with Gasteiger partial charge in [0.15, 0.2) is 8.32 Å². The molecule has 0 aliphatic rings. The van der Waals surface area contributed by atoms with Gasteiger partial charge >= 0.3 is 0 Å². The van der Waals surface area contributed by atoms with Gasteiger partial charge in [-0.25, -0.2) is 0 Å². The van der Waals surface area contributed by atoms with Crippen LogP contribution in [0, 0.1) is 0 Å². The fraction of sp³-hybridized carbons (Fsp3) is 0.625. The van der Waals surface area contributed by atoms with Gasteiger partial charge in [-0.2, -0.15) is 0 Å². The lowest BCUT2D eigenvalue weighted by atomic mass is 10.1. The van der Waals surface area contributed by atoms with Gasteiger partial charge in [-0.05, 0) is 48.7 Å². The number of aryl methyl sites for hydroxylation is 1. The number of hydrogen-bond donors (Lipinski definition) is 0. The first kappa shape index (κ1) is 16.3. The molecule has 2 nitrogen and oxygen atoms in total. The van der Waals surface area contributed by atoms with Crippen molar-refractivity contribution in [3.8, 4) is 5.75 Å². The van der Waals surface area contributed by atoms with Gasteiger partial charge in [0.25, 0.3) is 0 Å². The van der Waals surface area contributed by atoms with Crippen molar-refractivity contribution < 1.29 is 9.16 Å². The number of benzene rings is 1. The van der Waals surface area contributed by atoms with Crippen LogP contribution in [-0.2, 0) is 10.8 Å². The Morgan fingerprint density at radius 2 is 1.63 bits per heavy atom. The Kier molecular flexibility index (Phi) is 5.62. The predicted octanol–water partition coefficient (Wildman–Crippen LogP) is 4.65. The summed E-state index contributed by atoms with van der Waals surface area (Å²) in [4.78, 5) is 0. The lowest BCUT2D eigenvalue weighted by Crippen LogP contribution is -2.41. The van der Waals surface area contributed by atoms with E-state index in [4.69, 9.17) is 9.16 Å². The molecule has 1 rings (SSSR count). The first-order valence-electron chi connectivity index (χ1n) is 7.03. The highest BCUT2D eigenvalue weighted by Crippen LogP contribution is 2.36. The minimum atomic E-state index is -1.58. The van der Waals surface area contributed by atoms with Crippen molar-refractivity contribution in [2.24, 2.45) is 0 Å². The van der Waals surface area contributed by atoms with Gasteiger partial charge < -0.3 is 9.16 Å². The number of ether oxygens (including phenoxy) is 1. The maximum atomic E-state index is 6.17. The van der Waals surface area contributed by atoms with Crippen LogP contribution in [0.1, 0.15) is 32.8 Å². The highest BCUT2D eigenvalue weighted by atomic mass is 28.4. The Bertz CT molecular complexity index is 377. The average Bonchev–Trinajstić information content (AvgIpc) is 2.34. The van der Waals surface area contributed by atoms with Crippen LogP contribution in [0.3, 0.4) is 0 Å². The van der Waals surface area contributed by atoms with Crippen molar-refractivity contribution in [1.82, 2.24) is 0 Å². The molecule has 3 heteroatoms. The minimum Gasteiger partial charge on any atom is -0.497 e. The minimum absolute atomic E-state index is 0.299. The third kappa shape index (κ3) is 5.00. The van der Waals surface area contributed by atoms with Crippen molar-refractivity contribution in [2.75, 3.05) is 13.7 Å². The molecule has 0 saturated carbocycles. The molecule has 0 bridgehead atoms. The van der Waals surface area contributed by atoms with E-state index < -0.39 is 8.32 Å². The molecule has 0 saturated heterocycles. The van der Waals surface area contributed by atoms with Crippen LogP contribution < -0.4 is 4.74 Å². The molecule has 0 radical (unpaired) electrons. The summed E-state index contributed by atoms with van der Waals surface area (Å²) in [6, 6.07) is 8.30. The predicted molar refractivity (Wildman–Crippen MR) is 84.5 cm³/mol. The summed E-state index contributed by atoms with van der Waals surface area (Å²) in [5, 5.41) is 0.299. The molecule has 0 fully saturated rings. The van der Waals surface area contributed by atoms with E-state index in [0.29, 0.717) is 5.04 Å². The fourth-order valence-electron chi connectivity index (χ4n) is 1.61. The summed E-state index contributed by atoms with van der Waals surface area (Å²) < 4.78 is 11.3. The molecule has 19 heavy (non-hydrogen) atoms. The van der Waals surface area contributed by atoms with E-state index >= 15 is 0 Å². The van der Waals surface area contributed by atoms with Gasteiger partial charge in [0.1, 0.15) is 5.75 Å². The molecule has 0 spiro atoms. The lowest BCUT2D eigenvalue weighted by Gasteiger charge is -2.36. The summed E-state index contributed by atoms with van der Waals surface area (Å²) in [5.41, 5.74) is 1.35. The molecular weight excluding hydrogens is 252 g/mol. The molecule has 0 unspecified atom stereocenters. The number of hydrogen-bond acceptors (Lipinski definition) is 2. The van der Waals surface area contributed by atoms with Gasteiger partial charge in [-0.15, -0.1) is 0 Å². The number of rotatable bonds is 6. The Morgan fingerprint density at radius 3 is 2.11 bits per heavy atom. The van der Waals surface area contributed by atoms with E-state index in [2.05, 4.69) is 46.0 Å². The first-order valence-corrected chi connectivity index (χ1v) is 9.94. The molecular formula is C16H28O2Si.